The Morgan fingerprint density at radius 1 is 1.39 bits per heavy atom. The lowest BCUT2D eigenvalue weighted by Crippen LogP contribution is -2.54. The molecule has 3 nitrogen and oxygen atoms in total. The van der Waals surface area contributed by atoms with Gasteiger partial charge in [0.05, 0.1) is 12.2 Å². The fraction of sp³-hybridized carbons (Fsp3) is 0.600. The van der Waals surface area contributed by atoms with Crippen LogP contribution in [0.3, 0.4) is 0 Å². The van der Waals surface area contributed by atoms with E-state index in [1.165, 1.54) is 5.56 Å². The maximum atomic E-state index is 9.13. The second-order valence-electron chi connectivity index (χ2n) is 5.47. The van der Waals surface area contributed by atoms with Crippen LogP contribution in [0.2, 0.25) is 0 Å². The molecule has 18 heavy (non-hydrogen) atoms. The fourth-order valence-electron chi connectivity index (χ4n) is 2.48. The van der Waals surface area contributed by atoms with Crippen LogP contribution in [0.1, 0.15) is 25.8 Å². The summed E-state index contributed by atoms with van der Waals surface area (Å²) in [6, 6.07) is 10.9. The zero-order valence-electron chi connectivity index (χ0n) is 11.3. The number of aliphatic hydroxyl groups is 1. The summed E-state index contributed by atoms with van der Waals surface area (Å²) in [6.45, 7) is 7.04. The van der Waals surface area contributed by atoms with E-state index in [4.69, 9.17) is 9.84 Å². The molecule has 1 aliphatic rings. The van der Waals surface area contributed by atoms with Gasteiger partial charge < -0.3 is 9.84 Å². The van der Waals surface area contributed by atoms with Crippen LogP contribution in [0.15, 0.2) is 30.3 Å². The summed E-state index contributed by atoms with van der Waals surface area (Å²) < 4.78 is 5.88. The smallest absolute Gasteiger partial charge is 0.0803 e. The van der Waals surface area contributed by atoms with E-state index in [0.29, 0.717) is 12.5 Å². The first-order chi connectivity index (χ1) is 8.63. The number of nitrogens with zero attached hydrogens (tertiary/aromatic N) is 1. The summed E-state index contributed by atoms with van der Waals surface area (Å²) in [7, 11) is 0. The molecule has 1 aliphatic heterocycles. The van der Waals surface area contributed by atoms with Crippen LogP contribution in [-0.4, -0.2) is 41.4 Å². The predicted molar refractivity (Wildman–Crippen MR) is 72.4 cm³/mol. The normalized spacial score (nSPS) is 29.4. The van der Waals surface area contributed by atoms with E-state index >= 15 is 0 Å². The van der Waals surface area contributed by atoms with Gasteiger partial charge in [0.2, 0.25) is 0 Å². The molecule has 0 aromatic heterocycles. The molecule has 0 bridgehead atoms. The van der Waals surface area contributed by atoms with E-state index in [2.05, 4.69) is 43.0 Å². The Labute approximate surface area is 109 Å². The lowest BCUT2D eigenvalue weighted by atomic mass is 9.98. The van der Waals surface area contributed by atoms with E-state index < -0.39 is 0 Å². The zero-order chi connectivity index (χ0) is 13.0. The number of rotatable bonds is 4. The molecule has 100 valence electrons. The molecule has 0 spiro atoms. The summed E-state index contributed by atoms with van der Waals surface area (Å²) >= 11 is 0. The van der Waals surface area contributed by atoms with Gasteiger partial charge in [-0.3, -0.25) is 4.90 Å². The van der Waals surface area contributed by atoms with Crippen molar-refractivity contribution >= 4 is 0 Å². The first-order valence-electron chi connectivity index (χ1n) is 6.66. The number of morpholine rings is 1. The third kappa shape index (κ3) is 3.31. The molecule has 0 amide bonds. The quantitative estimate of drug-likeness (QED) is 0.886. The van der Waals surface area contributed by atoms with E-state index in [0.717, 1.165) is 19.7 Å². The largest absolute Gasteiger partial charge is 0.396 e. The molecule has 1 aromatic carbocycles. The number of hydrogen-bond acceptors (Lipinski definition) is 3. The van der Waals surface area contributed by atoms with Crippen molar-refractivity contribution in [2.75, 3.05) is 19.8 Å². The van der Waals surface area contributed by atoms with Crippen LogP contribution in [0.5, 0.6) is 0 Å². The molecule has 2 atom stereocenters. The second-order valence-corrected chi connectivity index (χ2v) is 5.47. The maximum absolute atomic E-state index is 9.13. The molecule has 2 unspecified atom stereocenters. The number of aliphatic hydroxyl groups excluding tert-OH is 1. The highest BCUT2D eigenvalue weighted by atomic mass is 16.5. The highest BCUT2D eigenvalue weighted by Gasteiger charge is 2.34. The molecule has 1 heterocycles. The molecule has 1 saturated heterocycles. The van der Waals surface area contributed by atoms with Crippen LogP contribution in [0.25, 0.3) is 0 Å². The van der Waals surface area contributed by atoms with Crippen LogP contribution in [0, 0.1) is 0 Å². The van der Waals surface area contributed by atoms with Gasteiger partial charge in [-0.25, -0.2) is 0 Å². The van der Waals surface area contributed by atoms with Crippen molar-refractivity contribution in [3.05, 3.63) is 35.9 Å². The molecule has 1 N–H and O–H groups in total. The van der Waals surface area contributed by atoms with Crippen molar-refractivity contribution in [2.45, 2.75) is 38.5 Å². The van der Waals surface area contributed by atoms with Gasteiger partial charge in [-0.05, 0) is 19.4 Å². The van der Waals surface area contributed by atoms with Crippen LogP contribution >= 0.6 is 0 Å². The fourth-order valence-corrected chi connectivity index (χ4v) is 2.48. The molecule has 0 radical (unpaired) electrons. The Bertz CT molecular complexity index is 368. The first kappa shape index (κ1) is 13.5. The minimum Gasteiger partial charge on any atom is -0.396 e. The number of ether oxygens (including phenoxy) is 1. The van der Waals surface area contributed by atoms with Crippen LogP contribution in [0.4, 0.5) is 0 Å². The van der Waals surface area contributed by atoms with Crippen molar-refractivity contribution in [1.29, 1.82) is 0 Å². The van der Waals surface area contributed by atoms with Crippen molar-refractivity contribution in [2.24, 2.45) is 0 Å². The third-order valence-corrected chi connectivity index (χ3v) is 3.70. The standard InChI is InChI=1S/C15H23NO2/c1-13-11-18-15(2,8-9-17)12-16(13)10-14-6-4-3-5-7-14/h3-7,13,17H,8-12H2,1-2H3. The lowest BCUT2D eigenvalue weighted by molar-refractivity contribution is -0.131. The average molecular weight is 249 g/mol. The van der Waals surface area contributed by atoms with E-state index in [-0.39, 0.29) is 12.2 Å². The molecule has 2 rings (SSSR count). The van der Waals surface area contributed by atoms with Crippen LogP contribution in [-0.2, 0) is 11.3 Å². The van der Waals surface area contributed by atoms with Gasteiger partial charge in [-0.15, -0.1) is 0 Å². The van der Waals surface area contributed by atoms with Gasteiger partial charge in [-0.1, -0.05) is 30.3 Å². The summed E-state index contributed by atoms with van der Waals surface area (Å²) in [6.07, 6.45) is 0.699. The van der Waals surface area contributed by atoms with Gasteiger partial charge >= 0.3 is 0 Å². The molecular weight excluding hydrogens is 226 g/mol. The molecule has 1 aromatic rings. The topological polar surface area (TPSA) is 32.7 Å². The zero-order valence-corrected chi connectivity index (χ0v) is 11.3. The minimum absolute atomic E-state index is 0.185. The van der Waals surface area contributed by atoms with Crippen molar-refractivity contribution < 1.29 is 9.84 Å². The Kier molecular flexibility index (Phi) is 4.38. The SMILES string of the molecule is CC1COC(C)(CCO)CN1Cc1ccccc1. The van der Waals surface area contributed by atoms with Gasteiger partial charge in [0.25, 0.3) is 0 Å². The molecular formula is C15H23NO2. The third-order valence-electron chi connectivity index (χ3n) is 3.70. The Morgan fingerprint density at radius 2 is 2.11 bits per heavy atom. The molecule has 3 heteroatoms. The molecule has 1 fully saturated rings. The number of benzene rings is 1. The van der Waals surface area contributed by atoms with Gasteiger partial charge in [-0.2, -0.15) is 0 Å². The molecule has 0 aliphatic carbocycles. The van der Waals surface area contributed by atoms with Gasteiger partial charge in [0.1, 0.15) is 0 Å². The highest BCUT2D eigenvalue weighted by Crippen LogP contribution is 2.25. The maximum Gasteiger partial charge on any atom is 0.0803 e. The van der Waals surface area contributed by atoms with Crippen molar-refractivity contribution in [3.63, 3.8) is 0 Å². The monoisotopic (exact) mass is 249 g/mol. The summed E-state index contributed by atoms with van der Waals surface area (Å²) in [5.41, 5.74) is 1.12. The lowest BCUT2D eigenvalue weighted by Gasteiger charge is -2.44. The van der Waals surface area contributed by atoms with Crippen LogP contribution < -0.4 is 0 Å². The Morgan fingerprint density at radius 3 is 2.78 bits per heavy atom. The average Bonchev–Trinajstić information content (AvgIpc) is 2.36. The van der Waals surface area contributed by atoms with E-state index in [1.807, 2.05) is 6.07 Å². The summed E-state index contributed by atoms with van der Waals surface area (Å²) in [4.78, 5) is 2.44. The predicted octanol–water partition coefficient (Wildman–Crippen LogP) is 2.05. The second kappa shape index (κ2) is 5.83. The summed E-state index contributed by atoms with van der Waals surface area (Å²) in [5.74, 6) is 0. The van der Waals surface area contributed by atoms with Gasteiger partial charge in [0, 0.05) is 32.2 Å². The van der Waals surface area contributed by atoms with Crippen molar-refractivity contribution in [3.8, 4) is 0 Å². The molecule has 0 saturated carbocycles. The summed E-state index contributed by atoms with van der Waals surface area (Å²) in [5, 5.41) is 9.13. The number of hydrogen-bond donors (Lipinski definition) is 1. The van der Waals surface area contributed by atoms with E-state index in [1.54, 1.807) is 0 Å². The minimum atomic E-state index is -0.212. The Balaban J connectivity index is 2.02. The highest BCUT2D eigenvalue weighted by molar-refractivity contribution is 5.14. The first-order valence-corrected chi connectivity index (χ1v) is 6.66. The van der Waals surface area contributed by atoms with Gasteiger partial charge in [0.15, 0.2) is 0 Å². The van der Waals surface area contributed by atoms with E-state index in [9.17, 15) is 0 Å². The Hall–Kier alpha value is -0.900. The van der Waals surface area contributed by atoms with Crippen molar-refractivity contribution in [1.82, 2.24) is 4.90 Å².